The lowest BCUT2D eigenvalue weighted by atomic mass is 9.43. The highest BCUT2D eigenvalue weighted by Gasteiger charge is 2.62. The van der Waals surface area contributed by atoms with Crippen LogP contribution in [-0.4, -0.2) is 12.4 Å². The Morgan fingerprint density at radius 1 is 0.559 bits per heavy atom. The lowest BCUT2D eigenvalue weighted by Crippen LogP contribution is -2.65. The lowest BCUT2D eigenvalue weighted by Gasteiger charge is -2.53. The van der Waals surface area contributed by atoms with Gasteiger partial charge < -0.3 is 19.0 Å². The van der Waals surface area contributed by atoms with Crippen molar-refractivity contribution in [3.63, 3.8) is 0 Å². The predicted molar refractivity (Wildman–Crippen MR) is 289 cm³/mol. The van der Waals surface area contributed by atoms with Crippen LogP contribution in [-0.2, 0) is 21.7 Å². The van der Waals surface area contributed by atoms with Gasteiger partial charge in [0.05, 0.1) is 5.54 Å². The molecule has 13 rings (SSSR count). The summed E-state index contributed by atoms with van der Waals surface area (Å²) in [6.07, 6.45) is 7.14. The molecule has 0 bridgehead atoms. The molecular weight excluding hydrogens is 826 g/mol. The molecule has 5 heteroatoms. The molecule has 0 amide bonds. The highest BCUT2D eigenvalue weighted by Crippen LogP contribution is 2.63. The molecule has 4 heterocycles. The van der Waals surface area contributed by atoms with Crippen LogP contribution in [0.3, 0.4) is 0 Å². The van der Waals surface area contributed by atoms with Gasteiger partial charge in [0, 0.05) is 61.6 Å². The molecule has 3 aliphatic heterocycles. The Kier molecular flexibility index (Phi) is 8.61. The molecule has 2 atom stereocenters. The van der Waals surface area contributed by atoms with Crippen molar-refractivity contribution >= 4 is 79.5 Å². The van der Waals surface area contributed by atoms with E-state index in [-0.39, 0.29) is 34.0 Å². The number of hydrogen-bond acceptors (Lipinski definition) is 4. The number of para-hydroxylation sites is 3. The molecule has 0 spiro atoms. The van der Waals surface area contributed by atoms with Crippen molar-refractivity contribution in [2.45, 2.75) is 135 Å². The fraction of sp³-hybridized carbons (Fsp3) is 0.333. The molecule has 1 fully saturated rings. The maximum atomic E-state index is 6.86. The van der Waals surface area contributed by atoms with E-state index in [1.807, 2.05) is 0 Å². The van der Waals surface area contributed by atoms with Crippen molar-refractivity contribution in [3.8, 4) is 11.1 Å². The number of nitrogens with zero attached hydrogens (tertiary/aromatic N) is 3. The third-order valence-electron chi connectivity index (χ3n) is 18.1. The fourth-order valence-electron chi connectivity index (χ4n) is 13.9. The average molecular weight is 890 g/mol. The van der Waals surface area contributed by atoms with E-state index in [2.05, 4.69) is 217 Å². The van der Waals surface area contributed by atoms with Crippen LogP contribution >= 0.6 is 0 Å². The molecule has 340 valence electrons. The first-order valence-corrected chi connectivity index (χ1v) is 25.5. The zero-order chi connectivity index (χ0) is 46.9. The van der Waals surface area contributed by atoms with Gasteiger partial charge in [-0.1, -0.05) is 141 Å². The fourth-order valence-corrected chi connectivity index (χ4v) is 13.9. The van der Waals surface area contributed by atoms with E-state index < -0.39 is 0 Å². The van der Waals surface area contributed by atoms with E-state index >= 15 is 0 Å². The molecule has 68 heavy (non-hydrogen) atoms. The molecular formula is C63H64BN3O. The minimum absolute atomic E-state index is 0.0424. The lowest BCUT2D eigenvalue weighted by molar-refractivity contribution is 0.195. The Hall–Kier alpha value is -6.20. The second-order valence-electron chi connectivity index (χ2n) is 24.0. The van der Waals surface area contributed by atoms with Gasteiger partial charge in [0.1, 0.15) is 11.2 Å². The SMILES string of the molecule is Cc1cc2c(cc1N1B3c4cc(C(C)(C)C)cc5c4N(c4cc(N(c6ccccc6)c6ccccc6)cc(c43)-c3cc4oc6ccccc6c4cc31)C1(C)CCCCC51C)C(C)(C)CCC2(C)C. The molecule has 0 N–H and O–H groups in total. The highest BCUT2D eigenvalue weighted by molar-refractivity contribution is 6.93. The first-order valence-electron chi connectivity index (χ1n) is 25.5. The quantitative estimate of drug-likeness (QED) is 0.164. The van der Waals surface area contributed by atoms with Crippen molar-refractivity contribution in [1.29, 1.82) is 0 Å². The number of anilines is 7. The third-order valence-corrected chi connectivity index (χ3v) is 18.1. The first-order chi connectivity index (χ1) is 32.5. The van der Waals surface area contributed by atoms with Gasteiger partial charge in [-0.3, -0.25) is 0 Å². The Morgan fingerprint density at radius 3 is 1.90 bits per heavy atom. The smallest absolute Gasteiger partial charge is 0.333 e. The monoisotopic (exact) mass is 890 g/mol. The molecule has 0 saturated heterocycles. The van der Waals surface area contributed by atoms with Gasteiger partial charge in [0.15, 0.2) is 0 Å². The van der Waals surface area contributed by atoms with Crippen LogP contribution in [0.5, 0.6) is 0 Å². The van der Waals surface area contributed by atoms with Gasteiger partial charge in [-0.15, -0.1) is 0 Å². The number of aryl methyl sites for hydroxylation is 1. The summed E-state index contributed by atoms with van der Waals surface area (Å²) in [7, 11) is 0. The Balaban J connectivity index is 1.21. The number of fused-ring (bicyclic) bond motifs is 11. The minimum Gasteiger partial charge on any atom is -0.456 e. The largest absolute Gasteiger partial charge is 0.456 e. The van der Waals surface area contributed by atoms with Crippen LogP contribution < -0.4 is 25.5 Å². The van der Waals surface area contributed by atoms with E-state index in [0.717, 1.165) is 45.4 Å². The zero-order valence-electron chi connectivity index (χ0n) is 41.8. The second kappa shape index (κ2) is 14.0. The predicted octanol–water partition coefficient (Wildman–Crippen LogP) is 16.0. The summed E-state index contributed by atoms with van der Waals surface area (Å²) < 4.78 is 6.86. The summed E-state index contributed by atoms with van der Waals surface area (Å²) in [5.74, 6) is 0. The summed E-state index contributed by atoms with van der Waals surface area (Å²) >= 11 is 0. The van der Waals surface area contributed by atoms with E-state index in [1.54, 1.807) is 0 Å². The third kappa shape index (κ3) is 5.62. The Morgan fingerprint density at radius 2 is 1.21 bits per heavy atom. The molecule has 8 aromatic rings. The molecule has 4 nitrogen and oxygen atoms in total. The molecule has 2 aliphatic carbocycles. The van der Waals surface area contributed by atoms with Crippen molar-refractivity contribution in [2.24, 2.45) is 0 Å². The number of furan rings is 1. The summed E-state index contributed by atoms with van der Waals surface area (Å²) in [6, 6.07) is 51.1. The van der Waals surface area contributed by atoms with Crippen LogP contribution in [0.25, 0.3) is 33.1 Å². The average Bonchev–Trinajstić information content (AvgIpc) is 3.78. The minimum atomic E-state index is -0.133. The maximum Gasteiger partial charge on any atom is 0.333 e. The number of benzene rings is 7. The van der Waals surface area contributed by atoms with Crippen molar-refractivity contribution in [3.05, 3.63) is 161 Å². The van der Waals surface area contributed by atoms with E-state index in [9.17, 15) is 0 Å². The molecule has 7 aromatic carbocycles. The molecule has 1 saturated carbocycles. The van der Waals surface area contributed by atoms with Crippen molar-refractivity contribution < 1.29 is 4.42 Å². The number of hydrogen-bond donors (Lipinski definition) is 0. The Labute approximate surface area is 404 Å². The van der Waals surface area contributed by atoms with Crippen LogP contribution in [0, 0.1) is 6.92 Å². The standard InChI is InChI=1S/C63H64BN3O/c1-39-31-48-49(61(7,8)30-29-60(48,5)6)38-52(39)67-53-36-46-44-25-17-18-26-55(44)68-56(46)37-45(53)47-34-43(65(41-21-13-11-14-22-41)42-23-15-12-16-24-42)35-54-57(47)64(67)51-33-40(59(2,3)4)32-50-58(51)66(54)63(10)28-20-19-27-62(50,63)9/h11-18,21-26,31-38H,19-20,27-30H2,1-10H3. The van der Waals surface area contributed by atoms with E-state index in [4.69, 9.17) is 4.42 Å². The summed E-state index contributed by atoms with van der Waals surface area (Å²) in [6.45, 7) is 24.7. The zero-order valence-corrected chi connectivity index (χ0v) is 41.8. The molecule has 2 unspecified atom stereocenters. The van der Waals surface area contributed by atoms with Gasteiger partial charge in [-0.05, 0) is 161 Å². The van der Waals surface area contributed by atoms with Crippen molar-refractivity contribution in [2.75, 3.05) is 14.6 Å². The summed E-state index contributed by atoms with van der Waals surface area (Å²) in [4.78, 5) is 8.19. The van der Waals surface area contributed by atoms with Gasteiger partial charge in [0.25, 0.3) is 0 Å². The number of rotatable bonds is 4. The van der Waals surface area contributed by atoms with Gasteiger partial charge in [-0.25, -0.2) is 0 Å². The van der Waals surface area contributed by atoms with Gasteiger partial charge in [0.2, 0.25) is 0 Å². The van der Waals surface area contributed by atoms with E-state index in [0.29, 0.717) is 0 Å². The van der Waals surface area contributed by atoms with E-state index in [1.165, 1.54) is 105 Å². The summed E-state index contributed by atoms with van der Waals surface area (Å²) in [5, 5.41) is 2.32. The van der Waals surface area contributed by atoms with Gasteiger partial charge >= 0.3 is 6.85 Å². The second-order valence-corrected chi connectivity index (χ2v) is 24.0. The molecule has 0 radical (unpaired) electrons. The molecule has 1 aromatic heterocycles. The summed E-state index contributed by atoms with van der Waals surface area (Å²) in [5.41, 5.74) is 23.2. The Bertz CT molecular complexity index is 3370. The maximum absolute atomic E-state index is 6.86. The first kappa shape index (κ1) is 41.9. The normalized spacial score (nSPS) is 21.6. The highest BCUT2D eigenvalue weighted by atomic mass is 16.3. The van der Waals surface area contributed by atoms with Crippen LogP contribution in [0.4, 0.5) is 39.8 Å². The van der Waals surface area contributed by atoms with Crippen molar-refractivity contribution in [1.82, 2.24) is 0 Å². The van der Waals surface area contributed by atoms with Crippen LogP contribution in [0.1, 0.15) is 129 Å². The van der Waals surface area contributed by atoms with Gasteiger partial charge in [-0.2, -0.15) is 0 Å². The van der Waals surface area contributed by atoms with Crippen LogP contribution in [0.15, 0.2) is 138 Å². The van der Waals surface area contributed by atoms with Crippen LogP contribution in [0.2, 0.25) is 0 Å². The topological polar surface area (TPSA) is 22.9 Å². The molecule has 5 aliphatic rings.